The van der Waals surface area contributed by atoms with Gasteiger partial charge in [0.25, 0.3) is 0 Å². The fourth-order valence-electron chi connectivity index (χ4n) is 11.9. The SMILES string of the molecule is CC(=O)O[C@H]1[C@H](OCC(C)N)C2(C)COC13C[C@]31C3=CC(=O)[C@@]4(C)[C@H](C(=O)O)[C@@](C)([C@H](C)C(C)C)CC[C@]4(C)[C@H]3CCC21. The highest BCUT2D eigenvalue weighted by molar-refractivity contribution is 6.01. The number of esters is 1. The summed E-state index contributed by atoms with van der Waals surface area (Å²) in [5, 5.41) is 10.9. The second kappa shape index (κ2) is 9.38. The Morgan fingerprint density at radius 3 is 2.35 bits per heavy atom. The van der Waals surface area contributed by atoms with Crippen LogP contribution in [0, 0.1) is 56.7 Å². The molecule has 240 valence electrons. The minimum Gasteiger partial charge on any atom is -0.481 e. The van der Waals surface area contributed by atoms with Gasteiger partial charge in [-0.2, -0.15) is 0 Å². The van der Waals surface area contributed by atoms with Gasteiger partial charge in [-0.25, -0.2) is 0 Å². The van der Waals surface area contributed by atoms with Crippen LogP contribution in [-0.4, -0.2) is 59.9 Å². The molecule has 2 saturated heterocycles. The molecule has 7 aliphatic rings. The molecule has 2 spiro atoms. The second-order valence-corrected chi connectivity index (χ2v) is 16.7. The predicted molar refractivity (Wildman–Crippen MR) is 161 cm³/mol. The van der Waals surface area contributed by atoms with Gasteiger partial charge >= 0.3 is 11.9 Å². The maximum atomic E-state index is 14.7. The summed E-state index contributed by atoms with van der Waals surface area (Å²) in [6.45, 7) is 19.1. The molecule has 3 N–H and O–H groups in total. The lowest BCUT2D eigenvalue weighted by molar-refractivity contribution is -0.300. The van der Waals surface area contributed by atoms with E-state index in [0.717, 1.165) is 31.3 Å². The van der Waals surface area contributed by atoms with Gasteiger partial charge in [0.2, 0.25) is 0 Å². The van der Waals surface area contributed by atoms with Crippen LogP contribution in [0.3, 0.4) is 0 Å². The minimum atomic E-state index is -1.04. The standard InChI is InChI=1S/C35H53NO7/c1-18(2)20(4)30(6)12-13-32(8)22-10-11-24-31(7)17-42-35(28(43-21(5)37)27(31)41-15-19(3)36)16-34(24,35)23(22)14-25(38)33(32,9)26(30)29(39)40/h14,18-20,22,24,26-28H,10-13,15-17,36H2,1-9H3,(H,39,40)/t19?,20-,22+,24?,26-,27+,28+,30-,31?,32-,33+,34-,35?/m1/s1. The van der Waals surface area contributed by atoms with Gasteiger partial charge in [-0.15, -0.1) is 0 Å². The third-order valence-corrected chi connectivity index (χ3v) is 14.5. The van der Waals surface area contributed by atoms with E-state index in [1.807, 2.05) is 19.9 Å². The second-order valence-electron chi connectivity index (χ2n) is 16.7. The molecule has 8 nitrogen and oxygen atoms in total. The van der Waals surface area contributed by atoms with Crippen molar-refractivity contribution in [3.8, 4) is 0 Å². The zero-order chi connectivity index (χ0) is 31.7. The third kappa shape index (κ3) is 3.58. The molecule has 5 aliphatic carbocycles. The topological polar surface area (TPSA) is 125 Å². The number of allylic oxidation sites excluding steroid dienone is 1. The normalized spacial score (nSPS) is 50.9. The number of carboxylic acids is 1. The van der Waals surface area contributed by atoms with E-state index in [4.69, 9.17) is 19.9 Å². The molecule has 2 heterocycles. The van der Waals surface area contributed by atoms with Crippen molar-refractivity contribution in [3.63, 3.8) is 0 Å². The molecule has 0 aromatic carbocycles. The Labute approximate surface area is 256 Å². The number of aliphatic carboxylic acids is 1. The van der Waals surface area contributed by atoms with Gasteiger partial charge in [0.15, 0.2) is 11.9 Å². The van der Waals surface area contributed by atoms with Gasteiger partial charge < -0.3 is 25.1 Å². The van der Waals surface area contributed by atoms with Gasteiger partial charge in [-0.1, -0.05) is 54.0 Å². The van der Waals surface area contributed by atoms with E-state index in [1.54, 1.807) is 0 Å². The number of ether oxygens (including phenoxy) is 3. The molecule has 4 saturated carbocycles. The molecule has 4 unspecified atom stereocenters. The van der Waals surface area contributed by atoms with E-state index in [9.17, 15) is 19.5 Å². The van der Waals surface area contributed by atoms with E-state index in [0.29, 0.717) is 25.6 Å². The first kappa shape index (κ1) is 31.2. The Hall–Kier alpha value is -1.77. The summed E-state index contributed by atoms with van der Waals surface area (Å²) >= 11 is 0. The van der Waals surface area contributed by atoms with Crippen LogP contribution in [0.5, 0.6) is 0 Å². The van der Waals surface area contributed by atoms with Gasteiger partial charge in [-0.05, 0) is 79.6 Å². The number of hydrogen-bond donors (Lipinski definition) is 2. The first-order chi connectivity index (χ1) is 19.9. The largest absolute Gasteiger partial charge is 0.481 e. The highest BCUT2D eigenvalue weighted by Crippen LogP contribution is 2.85. The zero-order valence-corrected chi connectivity index (χ0v) is 27.6. The van der Waals surface area contributed by atoms with Crippen LogP contribution in [0.25, 0.3) is 0 Å². The van der Waals surface area contributed by atoms with Crippen molar-refractivity contribution in [2.75, 3.05) is 13.2 Å². The first-order valence-electron chi connectivity index (χ1n) is 16.6. The van der Waals surface area contributed by atoms with Crippen LogP contribution < -0.4 is 5.73 Å². The summed E-state index contributed by atoms with van der Waals surface area (Å²) in [5.41, 5.74) is 3.55. The van der Waals surface area contributed by atoms with Crippen molar-refractivity contribution in [2.24, 2.45) is 62.4 Å². The van der Waals surface area contributed by atoms with Gasteiger partial charge in [0.05, 0.1) is 19.1 Å². The average molecular weight is 600 g/mol. The van der Waals surface area contributed by atoms with Crippen molar-refractivity contribution in [1.29, 1.82) is 0 Å². The Morgan fingerprint density at radius 2 is 1.77 bits per heavy atom. The molecule has 43 heavy (non-hydrogen) atoms. The molecule has 2 bridgehead atoms. The van der Waals surface area contributed by atoms with Gasteiger partial charge in [-0.3, -0.25) is 14.4 Å². The fourth-order valence-corrected chi connectivity index (χ4v) is 11.9. The Kier molecular flexibility index (Phi) is 6.81. The predicted octanol–water partition coefficient (Wildman–Crippen LogP) is 5.17. The van der Waals surface area contributed by atoms with Crippen molar-refractivity contribution in [2.45, 2.75) is 118 Å². The lowest BCUT2D eigenvalue weighted by Gasteiger charge is -2.68. The zero-order valence-electron chi connectivity index (χ0n) is 27.6. The molecular formula is C35H53NO7. The molecule has 2 aliphatic heterocycles. The minimum absolute atomic E-state index is 0.0551. The van der Waals surface area contributed by atoms with E-state index < -0.39 is 50.7 Å². The van der Waals surface area contributed by atoms with Crippen molar-refractivity contribution >= 4 is 17.7 Å². The number of carbonyl (C=O) groups is 3. The van der Waals surface area contributed by atoms with Crippen LogP contribution in [0.1, 0.15) is 94.4 Å². The van der Waals surface area contributed by atoms with Crippen LogP contribution in [0.15, 0.2) is 11.6 Å². The maximum Gasteiger partial charge on any atom is 0.308 e. The Balaban J connectivity index is 1.48. The summed E-state index contributed by atoms with van der Waals surface area (Å²) in [6.07, 6.45) is 4.99. The van der Waals surface area contributed by atoms with Crippen LogP contribution in [0.2, 0.25) is 0 Å². The number of fused-ring (bicyclic) bond motifs is 5. The van der Waals surface area contributed by atoms with Crippen molar-refractivity contribution in [1.82, 2.24) is 0 Å². The number of ketones is 1. The summed E-state index contributed by atoms with van der Waals surface area (Å²) in [7, 11) is 0. The van der Waals surface area contributed by atoms with E-state index >= 15 is 0 Å². The monoisotopic (exact) mass is 599 g/mol. The number of hydrogen-bond acceptors (Lipinski definition) is 7. The molecule has 0 amide bonds. The Bertz CT molecular complexity index is 1280. The molecule has 7 rings (SSSR count). The van der Waals surface area contributed by atoms with Crippen LogP contribution in [-0.2, 0) is 28.6 Å². The summed E-state index contributed by atoms with van der Waals surface area (Å²) in [5.74, 6) is -1.38. The highest BCUT2D eigenvalue weighted by atomic mass is 16.6. The van der Waals surface area contributed by atoms with Crippen LogP contribution >= 0.6 is 0 Å². The van der Waals surface area contributed by atoms with Crippen LogP contribution in [0.4, 0.5) is 0 Å². The molecule has 0 aromatic heterocycles. The molecule has 6 fully saturated rings. The third-order valence-electron chi connectivity index (χ3n) is 14.5. The molecular weight excluding hydrogens is 546 g/mol. The van der Waals surface area contributed by atoms with Crippen molar-refractivity contribution < 1.29 is 33.7 Å². The maximum absolute atomic E-state index is 14.7. The van der Waals surface area contributed by atoms with E-state index in [-0.39, 0.29) is 41.7 Å². The van der Waals surface area contributed by atoms with E-state index in [1.165, 1.54) is 6.92 Å². The summed E-state index contributed by atoms with van der Waals surface area (Å²) in [6, 6.07) is -0.158. The molecule has 0 radical (unpaired) electrons. The molecule has 13 atom stereocenters. The number of nitrogens with two attached hydrogens (primary N) is 1. The average Bonchev–Trinajstić information content (AvgIpc) is 3.59. The first-order valence-corrected chi connectivity index (χ1v) is 16.6. The molecule has 8 heteroatoms. The smallest absolute Gasteiger partial charge is 0.308 e. The molecule has 0 aromatic rings. The fraction of sp³-hybridized carbons (Fsp3) is 0.857. The van der Waals surface area contributed by atoms with Crippen molar-refractivity contribution in [3.05, 3.63) is 11.6 Å². The Morgan fingerprint density at radius 1 is 1.09 bits per heavy atom. The lowest BCUT2D eigenvalue weighted by atomic mass is 9.35. The summed E-state index contributed by atoms with van der Waals surface area (Å²) in [4.78, 5) is 40.5. The number of carbonyl (C=O) groups excluding carboxylic acids is 2. The van der Waals surface area contributed by atoms with E-state index in [2.05, 4.69) is 41.5 Å². The lowest BCUT2D eigenvalue weighted by Crippen LogP contribution is -2.72. The quantitative estimate of drug-likeness (QED) is 0.384. The summed E-state index contributed by atoms with van der Waals surface area (Å²) < 4.78 is 19.3. The van der Waals surface area contributed by atoms with Gasteiger partial charge in [0, 0.05) is 29.2 Å². The van der Waals surface area contributed by atoms with Gasteiger partial charge in [0.1, 0.15) is 11.7 Å². The highest BCUT2D eigenvalue weighted by Gasteiger charge is 2.90. The number of rotatable bonds is 7. The number of carboxylic acid groups (broad SMARTS) is 1.